The smallest absolute Gasteiger partial charge is 0.177 e. The highest BCUT2D eigenvalue weighted by atomic mass is 35.5. The maximum absolute atomic E-state index is 13.1. The molecule has 2 heterocycles. The number of nitrogens with zero attached hydrogens (tertiary/aromatic N) is 1. The van der Waals surface area contributed by atoms with Crippen LogP contribution in [-0.4, -0.2) is 5.16 Å². The van der Waals surface area contributed by atoms with Crippen molar-refractivity contribution < 1.29 is 8.91 Å². The van der Waals surface area contributed by atoms with Gasteiger partial charge >= 0.3 is 0 Å². The van der Waals surface area contributed by atoms with E-state index in [-0.39, 0.29) is 10.8 Å². The Balaban J connectivity index is 2.22. The van der Waals surface area contributed by atoms with Gasteiger partial charge in [-0.15, -0.1) is 0 Å². The molecule has 0 aliphatic heterocycles. The summed E-state index contributed by atoms with van der Waals surface area (Å²) in [4.78, 5) is 0. The van der Waals surface area contributed by atoms with E-state index in [1.54, 1.807) is 6.07 Å². The minimum atomic E-state index is -0.402. The fourth-order valence-electron chi connectivity index (χ4n) is 1.85. The number of rotatable bonds is 2. The van der Waals surface area contributed by atoms with Crippen LogP contribution in [0.15, 0.2) is 39.5 Å². The van der Waals surface area contributed by atoms with Crippen LogP contribution in [0, 0.1) is 5.82 Å². The second-order valence-electron chi connectivity index (χ2n) is 3.91. The molecule has 2 aromatic heterocycles. The lowest BCUT2D eigenvalue weighted by molar-refractivity contribution is 0.436. The molecule has 2 N–H and O–H groups in total. The molecule has 0 aliphatic carbocycles. The number of anilines is 1. The minimum absolute atomic E-state index is 0.231. The molecule has 0 aliphatic rings. The Bertz CT molecular complexity index is 724. The lowest BCUT2D eigenvalue weighted by atomic mass is 10.0. The van der Waals surface area contributed by atoms with Crippen LogP contribution in [0.1, 0.15) is 0 Å². The van der Waals surface area contributed by atoms with Gasteiger partial charge in [-0.2, -0.15) is 11.3 Å². The molecule has 0 radical (unpaired) electrons. The Hall–Kier alpha value is -1.85. The van der Waals surface area contributed by atoms with Gasteiger partial charge < -0.3 is 10.3 Å². The number of benzene rings is 1. The van der Waals surface area contributed by atoms with Crippen molar-refractivity contribution in [3.05, 3.63) is 45.9 Å². The molecule has 6 heteroatoms. The van der Waals surface area contributed by atoms with Crippen molar-refractivity contribution in [2.45, 2.75) is 0 Å². The van der Waals surface area contributed by atoms with E-state index in [0.717, 1.165) is 5.56 Å². The normalized spacial score (nSPS) is 10.8. The number of hydrogen-bond acceptors (Lipinski definition) is 4. The highest BCUT2D eigenvalue weighted by Crippen LogP contribution is 2.40. The second-order valence-corrected chi connectivity index (χ2v) is 5.10. The molecule has 0 fully saturated rings. The topological polar surface area (TPSA) is 52.0 Å². The van der Waals surface area contributed by atoms with Crippen LogP contribution in [-0.2, 0) is 0 Å². The fourth-order valence-corrected chi connectivity index (χ4v) is 2.74. The van der Waals surface area contributed by atoms with Crippen LogP contribution in [0.4, 0.5) is 10.2 Å². The molecule has 0 unspecified atom stereocenters. The van der Waals surface area contributed by atoms with Crippen molar-refractivity contribution in [3.63, 3.8) is 0 Å². The molecule has 0 saturated heterocycles. The summed E-state index contributed by atoms with van der Waals surface area (Å²) in [6.45, 7) is 0. The summed E-state index contributed by atoms with van der Waals surface area (Å²) in [7, 11) is 0. The first-order chi connectivity index (χ1) is 9.16. The minimum Gasteiger partial charge on any atom is -0.380 e. The predicted molar refractivity (Wildman–Crippen MR) is 74.6 cm³/mol. The average Bonchev–Trinajstić information content (AvgIpc) is 2.99. The average molecular weight is 295 g/mol. The first-order valence-electron chi connectivity index (χ1n) is 5.40. The van der Waals surface area contributed by atoms with Gasteiger partial charge in [0.15, 0.2) is 11.6 Å². The van der Waals surface area contributed by atoms with Gasteiger partial charge in [-0.3, -0.25) is 0 Å². The first-order valence-corrected chi connectivity index (χ1v) is 6.72. The van der Waals surface area contributed by atoms with E-state index >= 15 is 0 Å². The van der Waals surface area contributed by atoms with Crippen LogP contribution in [0.3, 0.4) is 0 Å². The highest BCUT2D eigenvalue weighted by Gasteiger charge is 2.20. The third kappa shape index (κ3) is 2.11. The Morgan fingerprint density at radius 3 is 2.84 bits per heavy atom. The summed E-state index contributed by atoms with van der Waals surface area (Å²) in [5.41, 5.74) is 7.88. The number of halogens is 2. The Labute approximate surface area is 117 Å². The van der Waals surface area contributed by atoms with Gasteiger partial charge in [-0.25, -0.2) is 4.39 Å². The van der Waals surface area contributed by atoms with Crippen molar-refractivity contribution in [2.24, 2.45) is 0 Å². The lowest BCUT2D eigenvalue weighted by Crippen LogP contribution is -1.90. The molecule has 0 bridgehead atoms. The van der Waals surface area contributed by atoms with Gasteiger partial charge in [0.25, 0.3) is 0 Å². The Kier molecular flexibility index (Phi) is 3.00. The molecule has 0 amide bonds. The van der Waals surface area contributed by atoms with Crippen LogP contribution in [0.5, 0.6) is 0 Å². The molecule has 19 heavy (non-hydrogen) atoms. The van der Waals surface area contributed by atoms with E-state index in [1.165, 1.54) is 23.5 Å². The quantitative estimate of drug-likeness (QED) is 0.760. The summed E-state index contributed by atoms with van der Waals surface area (Å²) in [5.74, 6) is 0.364. The van der Waals surface area contributed by atoms with E-state index in [9.17, 15) is 4.39 Å². The van der Waals surface area contributed by atoms with Crippen LogP contribution in [0.25, 0.3) is 22.5 Å². The third-order valence-corrected chi connectivity index (χ3v) is 3.70. The maximum Gasteiger partial charge on any atom is 0.177 e. The van der Waals surface area contributed by atoms with Crippen molar-refractivity contribution in [1.82, 2.24) is 5.16 Å². The molecule has 3 rings (SSSR count). The van der Waals surface area contributed by atoms with E-state index in [4.69, 9.17) is 21.9 Å². The van der Waals surface area contributed by atoms with Crippen LogP contribution >= 0.6 is 22.9 Å². The summed E-state index contributed by atoms with van der Waals surface area (Å²) in [6, 6.07) is 6.02. The van der Waals surface area contributed by atoms with Crippen LogP contribution in [0.2, 0.25) is 5.02 Å². The molecule has 96 valence electrons. The highest BCUT2D eigenvalue weighted by molar-refractivity contribution is 7.08. The summed E-state index contributed by atoms with van der Waals surface area (Å²) in [6.07, 6.45) is 0. The lowest BCUT2D eigenvalue weighted by Gasteiger charge is -2.04. The van der Waals surface area contributed by atoms with Crippen molar-refractivity contribution >= 4 is 28.8 Å². The van der Waals surface area contributed by atoms with Crippen LogP contribution < -0.4 is 5.73 Å². The van der Waals surface area contributed by atoms with E-state index < -0.39 is 5.82 Å². The Morgan fingerprint density at radius 2 is 2.16 bits per heavy atom. The number of aromatic nitrogens is 1. The van der Waals surface area contributed by atoms with Crippen molar-refractivity contribution in [1.29, 1.82) is 0 Å². The number of nitrogens with two attached hydrogens (primary N) is 1. The zero-order chi connectivity index (χ0) is 13.4. The SMILES string of the molecule is Nc1noc(-c2ccsc2)c1-c1ccc(F)cc1Cl. The molecule has 0 atom stereocenters. The fraction of sp³-hybridized carbons (Fsp3) is 0. The molecular weight excluding hydrogens is 287 g/mol. The van der Waals surface area contributed by atoms with E-state index in [2.05, 4.69) is 5.16 Å². The first kappa shape index (κ1) is 12.2. The van der Waals surface area contributed by atoms with E-state index in [1.807, 2.05) is 16.8 Å². The van der Waals surface area contributed by atoms with Gasteiger partial charge in [-0.05, 0) is 29.6 Å². The van der Waals surface area contributed by atoms with Gasteiger partial charge in [0.05, 0.1) is 10.6 Å². The number of nitrogen functional groups attached to an aromatic ring is 1. The number of thiophene rings is 1. The molecule has 1 aromatic carbocycles. The summed E-state index contributed by atoms with van der Waals surface area (Å²) >= 11 is 7.60. The maximum atomic E-state index is 13.1. The van der Waals surface area contributed by atoms with Gasteiger partial charge in [0.2, 0.25) is 0 Å². The molecule has 3 nitrogen and oxygen atoms in total. The predicted octanol–water partition coefficient (Wildman–Crippen LogP) is 4.44. The zero-order valence-electron chi connectivity index (χ0n) is 9.56. The summed E-state index contributed by atoms with van der Waals surface area (Å²) < 4.78 is 18.4. The van der Waals surface area contributed by atoms with Gasteiger partial charge in [0, 0.05) is 16.5 Å². The second kappa shape index (κ2) is 4.68. The summed E-state index contributed by atoms with van der Waals surface area (Å²) in [5, 5.41) is 7.88. The number of hydrogen-bond donors (Lipinski definition) is 1. The van der Waals surface area contributed by atoms with Gasteiger partial charge in [-0.1, -0.05) is 16.8 Å². The third-order valence-electron chi connectivity index (χ3n) is 2.70. The Morgan fingerprint density at radius 1 is 1.32 bits per heavy atom. The largest absolute Gasteiger partial charge is 0.380 e. The molecular formula is C13H8ClFN2OS. The molecule has 0 spiro atoms. The van der Waals surface area contributed by atoms with E-state index in [0.29, 0.717) is 16.9 Å². The van der Waals surface area contributed by atoms with Gasteiger partial charge in [0.1, 0.15) is 5.82 Å². The molecule has 0 saturated carbocycles. The monoisotopic (exact) mass is 294 g/mol. The standard InChI is InChI=1S/C13H8ClFN2OS/c14-10-5-8(15)1-2-9(10)11-12(18-17-13(11)16)7-3-4-19-6-7/h1-6H,(H2,16,17). The molecule has 3 aromatic rings. The van der Waals surface area contributed by atoms with Crippen molar-refractivity contribution in [3.8, 4) is 22.5 Å². The zero-order valence-corrected chi connectivity index (χ0v) is 11.1. The van der Waals surface area contributed by atoms with Crippen molar-refractivity contribution in [2.75, 3.05) is 5.73 Å².